The van der Waals surface area contributed by atoms with Gasteiger partial charge in [0.15, 0.2) is 0 Å². The van der Waals surface area contributed by atoms with Crippen LogP contribution in [0.1, 0.15) is 6.92 Å². The fraction of sp³-hybridized carbons (Fsp3) is 0.286. The Morgan fingerprint density at radius 1 is 1.38 bits per heavy atom. The van der Waals surface area contributed by atoms with Gasteiger partial charge in [-0.1, -0.05) is 0 Å². The van der Waals surface area contributed by atoms with E-state index in [0.717, 1.165) is 12.2 Å². The van der Waals surface area contributed by atoms with Gasteiger partial charge < -0.3 is 14.9 Å². The third-order valence-electron chi connectivity index (χ3n) is 0.914. The van der Waals surface area contributed by atoms with Crippen molar-refractivity contribution in [3.05, 3.63) is 12.2 Å². The number of carbonyl (C=O) groups excluding carboxylic acids is 2. The van der Waals surface area contributed by atoms with Crippen LogP contribution < -0.4 is 0 Å². The summed E-state index contributed by atoms with van der Waals surface area (Å²) in [7, 11) is 0. The van der Waals surface area contributed by atoms with E-state index in [0.29, 0.717) is 0 Å². The maximum Gasteiger partial charge on any atom is 0.338 e. The standard InChI is InChI=1S/C4H2O3.C3H6O3/c5-3-1-2-4(6)7-3;1-2(4)3(5)6/h1-2H;2,4H,1H3,(H,5,6). The van der Waals surface area contributed by atoms with Crippen LogP contribution in [-0.2, 0) is 19.1 Å². The lowest BCUT2D eigenvalue weighted by atomic mass is 10.4. The van der Waals surface area contributed by atoms with Crippen molar-refractivity contribution in [3.63, 3.8) is 0 Å². The van der Waals surface area contributed by atoms with Crippen LogP contribution in [0.2, 0.25) is 0 Å². The summed E-state index contributed by atoms with van der Waals surface area (Å²) in [6.45, 7) is 1.20. The Morgan fingerprint density at radius 3 is 1.77 bits per heavy atom. The van der Waals surface area contributed by atoms with Gasteiger partial charge in [-0.3, -0.25) is 0 Å². The molecule has 0 aliphatic carbocycles. The molecule has 1 aliphatic rings. The third kappa shape index (κ3) is 5.57. The van der Waals surface area contributed by atoms with Crippen molar-refractivity contribution in [1.82, 2.24) is 0 Å². The van der Waals surface area contributed by atoms with Gasteiger partial charge in [-0.15, -0.1) is 0 Å². The number of aliphatic hydroxyl groups excluding tert-OH is 1. The van der Waals surface area contributed by atoms with Crippen molar-refractivity contribution >= 4 is 17.9 Å². The average Bonchev–Trinajstić information content (AvgIpc) is 2.35. The van der Waals surface area contributed by atoms with E-state index in [-0.39, 0.29) is 0 Å². The minimum atomic E-state index is -1.23. The Morgan fingerprint density at radius 2 is 1.69 bits per heavy atom. The van der Waals surface area contributed by atoms with E-state index in [4.69, 9.17) is 10.2 Å². The zero-order chi connectivity index (χ0) is 10.4. The number of esters is 2. The van der Waals surface area contributed by atoms with Gasteiger partial charge in [0.05, 0.1) is 0 Å². The summed E-state index contributed by atoms with van der Waals surface area (Å²) in [5, 5.41) is 15.8. The number of cyclic esters (lactones) is 2. The lowest BCUT2D eigenvalue weighted by molar-refractivity contribution is -0.150. The van der Waals surface area contributed by atoms with Gasteiger partial charge >= 0.3 is 17.9 Å². The van der Waals surface area contributed by atoms with Gasteiger partial charge in [-0.25, -0.2) is 14.4 Å². The first-order chi connectivity index (χ1) is 5.93. The van der Waals surface area contributed by atoms with Crippen LogP contribution in [0.25, 0.3) is 0 Å². The van der Waals surface area contributed by atoms with E-state index >= 15 is 0 Å². The van der Waals surface area contributed by atoms with Crippen LogP contribution in [0, 0.1) is 0 Å². The van der Waals surface area contributed by atoms with Crippen molar-refractivity contribution in [3.8, 4) is 0 Å². The zero-order valence-electron chi connectivity index (χ0n) is 6.76. The molecular weight excluding hydrogens is 180 g/mol. The second kappa shape index (κ2) is 5.04. The molecule has 0 radical (unpaired) electrons. The number of aliphatic carboxylic acids is 1. The summed E-state index contributed by atoms with van der Waals surface area (Å²) < 4.78 is 3.97. The van der Waals surface area contributed by atoms with E-state index in [9.17, 15) is 14.4 Å². The number of ether oxygens (including phenoxy) is 1. The molecule has 0 amide bonds. The number of rotatable bonds is 1. The molecule has 1 unspecified atom stereocenters. The Bertz CT molecular complexity index is 236. The molecule has 1 atom stereocenters. The Hall–Kier alpha value is -1.69. The first-order valence-electron chi connectivity index (χ1n) is 3.28. The summed E-state index contributed by atoms with van der Waals surface area (Å²) in [5.74, 6) is -2.34. The molecule has 2 N–H and O–H groups in total. The van der Waals surface area contributed by atoms with Gasteiger partial charge in [0.2, 0.25) is 0 Å². The SMILES string of the molecule is CC(O)C(=O)O.O=C1C=CC(=O)O1. The number of hydrogen-bond donors (Lipinski definition) is 2. The second-order valence-electron chi connectivity index (χ2n) is 2.09. The van der Waals surface area contributed by atoms with Crippen LogP contribution in [0.4, 0.5) is 0 Å². The number of aliphatic hydroxyl groups is 1. The van der Waals surface area contributed by atoms with E-state index in [1.54, 1.807) is 0 Å². The Kier molecular flexibility index (Phi) is 4.39. The van der Waals surface area contributed by atoms with Crippen molar-refractivity contribution in [1.29, 1.82) is 0 Å². The molecule has 0 saturated carbocycles. The molecule has 13 heavy (non-hydrogen) atoms. The van der Waals surface area contributed by atoms with Crippen LogP contribution in [0.3, 0.4) is 0 Å². The summed E-state index contributed by atoms with van der Waals surface area (Å²) >= 11 is 0. The number of carboxylic acids is 1. The minimum absolute atomic E-state index is 0.579. The van der Waals surface area contributed by atoms with Crippen molar-refractivity contribution in [2.75, 3.05) is 0 Å². The highest BCUT2D eigenvalue weighted by Crippen LogP contribution is 1.92. The molecule has 1 aliphatic heterocycles. The minimum Gasteiger partial charge on any atom is -0.479 e. The molecule has 0 aromatic carbocycles. The molecule has 72 valence electrons. The predicted octanol–water partition coefficient (Wildman–Crippen LogP) is -0.922. The highest BCUT2D eigenvalue weighted by atomic mass is 16.6. The molecule has 0 bridgehead atoms. The summed E-state index contributed by atoms with van der Waals surface area (Å²) in [6, 6.07) is 0. The van der Waals surface area contributed by atoms with Gasteiger partial charge in [-0.2, -0.15) is 0 Å². The lowest BCUT2D eigenvalue weighted by Crippen LogP contribution is -2.13. The predicted molar refractivity (Wildman–Crippen MR) is 39.6 cm³/mol. The van der Waals surface area contributed by atoms with E-state index in [2.05, 4.69) is 4.74 Å². The van der Waals surface area contributed by atoms with Gasteiger partial charge in [0.1, 0.15) is 6.10 Å². The molecule has 6 heteroatoms. The highest BCUT2D eigenvalue weighted by Gasteiger charge is 2.10. The number of hydrogen-bond acceptors (Lipinski definition) is 5. The third-order valence-corrected chi connectivity index (χ3v) is 0.914. The first-order valence-corrected chi connectivity index (χ1v) is 3.28. The maximum absolute atomic E-state index is 9.92. The molecule has 0 aromatic rings. The number of carboxylic acid groups (broad SMARTS) is 1. The highest BCUT2D eigenvalue weighted by molar-refractivity contribution is 6.04. The molecule has 0 saturated heterocycles. The molecule has 1 rings (SSSR count). The van der Waals surface area contributed by atoms with E-state index < -0.39 is 24.0 Å². The van der Waals surface area contributed by atoms with Gasteiger partial charge in [0.25, 0.3) is 0 Å². The van der Waals surface area contributed by atoms with Crippen LogP contribution in [-0.4, -0.2) is 34.2 Å². The number of carbonyl (C=O) groups is 3. The summed E-state index contributed by atoms with van der Waals surface area (Å²) in [4.78, 5) is 29.3. The monoisotopic (exact) mass is 188 g/mol. The van der Waals surface area contributed by atoms with E-state index in [1.165, 1.54) is 6.92 Å². The second-order valence-corrected chi connectivity index (χ2v) is 2.09. The molecule has 0 spiro atoms. The Balaban J connectivity index is 0.000000226. The molecule has 6 nitrogen and oxygen atoms in total. The van der Waals surface area contributed by atoms with E-state index in [1.807, 2.05) is 0 Å². The Labute approximate surface area is 73.4 Å². The van der Waals surface area contributed by atoms with Gasteiger partial charge in [-0.05, 0) is 6.92 Å². The molecule has 0 fully saturated rings. The topological polar surface area (TPSA) is 101 Å². The van der Waals surface area contributed by atoms with Gasteiger partial charge in [0, 0.05) is 12.2 Å². The van der Waals surface area contributed by atoms with Crippen molar-refractivity contribution < 1.29 is 29.3 Å². The fourth-order valence-electron chi connectivity index (χ4n) is 0.303. The average molecular weight is 188 g/mol. The first kappa shape index (κ1) is 11.3. The zero-order valence-corrected chi connectivity index (χ0v) is 6.76. The quantitative estimate of drug-likeness (QED) is 0.407. The normalized spacial score (nSPS) is 15.8. The molecule has 0 aromatic heterocycles. The lowest BCUT2D eigenvalue weighted by Gasteiger charge is -1.89. The fourth-order valence-corrected chi connectivity index (χ4v) is 0.303. The molecular formula is C7H8O6. The smallest absolute Gasteiger partial charge is 0.338 e. The van der Waals surface area contributed by atoms with Crippen LogP contribution in [0.15, 0.2) is 12.2 Å². The van der Waals surface area contributed by atoms with Crippen molar-refractivity contribution in [2.45, 2.75) is 13.0 Å². The van der Waals surface area contributed by atoms with Crippen LogP contribution >= 0.6 is 0 Å². The van der Waals surface area contributed by atoms with Crippen molar-refractivity contribution in [2.24, 2.45) is 0 Å². The van der Waals surface area contributed by atoms with Crippen LogP contribution in [0.5, 0.6) is 0 Å². The largest absolute Gasteiger partial charge is 0.479 e. The summed E-state index contributed by atoms with van der Waals surface area (Å²) in [6.07, 6.45) is 0.940. The summed E-state index contributed by atoms with van der Waals surface area (Å²) in [5.41, 5.74) is 0. The maximum atomic E-state index is 9.92. The molecule has 1 heterocycles.